The highest BCUT2D eigenvalue weighted by Crippen LogP contribution is 2.34. The quantitative estimate of drug-likeness (QED) is 0.794. The molecule has 1 fully saturated rings. The summed E-state index contributed by atoms with van der Waals surface area (Å²) in [6, 6.07) is 4.60. The Labute approximate surface area is 142 Å². The number of imide groups is 1. The summed E-state index contributed by atoms with van der Waals surface area (Å²) in [5.74, 6) is -2.64. The lowest BCUT2D eigenvalue weighted by molar-refractivity contribution is -0.200. The van der Waals surface area contributed by atoms with Crippen molar-refractivity contribution in [2.45, 2.75) is 38.5 Å². The zero-order chi connectivity index (χ0) is 18.8. The van der Waals surface area contributed by atoms with E-state index in [1.807, 2.05) is 0 Å². The Bertz CT molecular complexity index is 688. The first kappa shape index (κ1) is 18.8. The molecule has 0 radical (unpaired) electrons. The van der Waals surface area contributed by atoms with Gasteiger partial charge in [-0.05, 0) is 25.5 Å². The van der Waals surface area contributed by atoms with Crippen molar-refractivity contribution in [2.24, 2.45) is 0 Å². The molecule has 0 aromatic heterocycles. The topological polar surface area (TPSA) is 78.5 Å². The summed E-state index contributed by atoms with van der Waals surface area (Å²) in [4.78, 5) is 36.9. The molecule has 9 heteroatoms. The average molecular weight is 357 g/mol. The molecule has 4 amide bonds. The second kappa shape index (κ2) is 6.73. The largest absolute Gasteiger partial charge is 0.440 e. The third kappa shape index (κ3) is 3.45. The number of alkyl halides is 3. The molecule has 1 saturated heterocycles. The van der Waals surface area contributed by atoms with E-state index in [2.05, 4.69) is 0 Å². The number of unbranched alkanes of at least 4 members (excludes halogenated alkanes) is 1. The van der Waals surface area contributed by atoms with E-state index in [0.29, 0.717) is 17.7 Å². The Morgan fingerprint density at radius 2 is 1.84 bits per heavy atom. The van der Waals surface area contributed by atoms with Crippen molar-refractivity contribution in [1.29, 1.82) is 0 Å². The third-order valence-corrected chi connectivity index (χ3v) is 3.88. The Morgan fingerprint density at radius 1 is 1.24 bits per heavy atom. The van der Waals surface area contributed by atoms with Gasteiger partial charge in [0.2, 0.25) is 0 Å². The van der Waals surface area contributed by atoms with Gasteiger partial charge in [0.15, 0.2) is 0 Å². The van der Waals surface area contributed by atoms with Crippen LogP contribution in [0.2, 0.25) is 0 Å². The van der Waals surface area contributed by atoms with Crippen molar-refractivity contribution >= 4 is 17.8 Å². The number of hydrogen-bond acceptors (Lipinski definition) is 3. The van der Waals surface area contributed by atoms with Crippen molar-refractivity contribution in [1.82, 2.24) is 15.5 Å². The van der Waals surface area contributed by atoms with Crippen LogP contribution in [0.4, 0.5) is 18.0 Å². The van der Waals surface area contributed by atoms with Gasteiger partial charge in [0.25, 0.3) is 17.5 Å². The van der Waals surface area contributed by atoms with Crippen molar-refractivity contribution < 1.29 is 27.6 Å². The number of rotatable bonds is 5. The molecule has 0 unspecified atom stereocenters. The molecule has 2 N–H and O–H groups in total. The smallest absolute Gasteiger partial charge is 0.314 e. The predicted molar refractivity (Wildman–Crippen MR) is 82.6 cm³/mol. The van der Waals surface area contributed by atoms with Crippen LogP contribution >= 0.6 is 0 Å². The number of halogens is 3. The van der Waals surface area contributed by atoms with Crippen molar-refractivity contribution in [3.8, 4) is 0 Å². The number of carbonyl (C=O) groups is 3. The summed E-state index contributed by atoms with van der Waals surface area (Å²) >= 11 is 0. The minimum absolute atomic E-state index is 0.0525. The van der Waals surface area contributed by atoms with Crippen LogP contribution in [0.1, 0.15) is 35.7 Å². The van der Waals surface area contributed by atoms with E-state index in [0.717, 1.165) is 5.56 Å². The summed E-state index contributed by atoms with van der Waals surface area (Å²) in [7, 11) is 0. The van der Waals surface area contributed by atoms with Crippen molar-refractivity contribution in [3.63, 3.8) is 0 Å². The highest BCUT2D eigenvalue weighted by atomic mass is 19.4. The van der Waals surface area contributed by atoms with Gasteiger partial charge in [0.1, 0.15) is 0 Å². The number of nitrogens with one attached hydrogen (secondary N) is 2. The van der Waals surface area contributed by atoms with Crippen LogP contribution in [0.3, 0.4) is 0 Å². The normalized spacial score (nSPS) is 20.6. The fraction of sp³-hybridized carbons (Fsp3) is 0.438. The minimum atomic E-state index is -5.19. The fourth-order valence-electron chi connectivity index (χ4n) is 2.39. The van der Waals surface area contributed by atoms with Crippen LogP contribution in [0.15, 0.2) is 24.3 Å². The maximum absolute atomic E-state index is 13.6. The Morgan fingerprint density at radius 3 is 2.36 bits per heavy atom. The van der Waals surface area contributed by atoms with E-state index in [-0.39, 0.29) is 12.1 Å². The van der Waals surface area contributed by atoms with Crippen LogP contribution in [-0.4, -0.2) is 41.1 Å². The number of amides is 4. The number of nitrogens with zero attached hydrogens (tertiary/aromatic N) is 1. The number of urea groups is 1. The lowest BCUT2D eigenvalue weighted by atomic mass is 10.1. The molecule has 0 aliphatic carbocycles. The molecule has 1 aromatic rings. The maximum Gasteiger partial charge on any atom is 0.440 e. The second-order valence-corrected chi connectivity index (χ2v) is 5.81. The Balaban J connectivity index is 2.33. The molecule has 0 bridgehead atoms. The van der Waals surface area contributed by atoms with Crippen molar-refractivity contribution in [3.05, 3.63) is 35.4 Å². The van der Waals surface area contributed by atoms with E-state index in [1.165, 1.54) is 12.1 Å². The van der Waals surface area contributed by atoms with Crippen LogP contribution in [0, 0.1) is 6.92 Å². The number of benzene rings is 1. The van der Waals surface area contributed by atoms with Gasteiger partial charge in [0, 0.05) is 12.1 Å². The van der Waals surface area contributed by atoms with Gasteiger partial charge >= 0.3 is 12.2 Å². The summed E-state index contributed by atoms with van der Waals surface area (Å²) in [6.07, 6.45) is -4.24. The second-order valence-electron chi connectivity index (χ2n) is 5.81. The molecule has 1 aliphatic rings. The van der Waals surface area contributed by atoms with E-state index in [9.17, 15) is 27.6 Å². The van der Waals surface area contributed by atoms with Gasteiger partial charge in [-0.15, -0.1) is 0 Å². The van der Waals surface area contributed by atoms with E-state index >= 15 is 0 Å². The first-order valence-corrected chi connectivity index (χ1v) is 7.72. The molecule has 1 heterocycles. The molecule has 1 aromatic carbocycles. The molecule has 136 valence electrons. The summed E-state index contributed by atoms with van der Waals surface area (Å²) in [5, 5.41) is 3.28. The van der Waals surface area contributed by atoms with Gasteiger partial charge in [-0.25, -0.2) is 4.79 Å². The molecule has 1 atom stereocenters. The third-order valence-electron chi connectivity index (χ3n) is 3.88. The van der Waals surface area contributed by atoms with Crippen molar-refractivity contribution in [2.75, 3.05) is 6.54 Å². The monoisotopic (exact) mass is 357 g/mol. The molecular formula is C16H18F3N3O3. The highest BCUT2D eigenvalue weighted by Gasteiger charge is 2.68. The Hall–Kier alpha value is -2.58. The fourth-order valence-corrected chi connectivity index (χ4v) is 2.39. The summed E-state index contributed by atoms with van der Waals surface area (Å²) in [6.45, 7) is 3.37. The van der Waals surface area contributed by atoms with E-state index in [4.69, 9.17) is 0 Å². The lowest BCUT2D eigenvalue weighted by Gasteiger charge is -2.29. The van der Waals surface area contributed by atoms with E-state index in [1.54, 1.807) is 36.6 Å². The molecule has 2 rings (SSSR count). The lowest BCUT2D eigenvalue weighted by Crippen LogP contribution is -2.69. The highest BCUT2D eigenvalue weighted by molar-refractivity contribution is 6.10. The maximum atomic E-state index is 13.6. The molecule has 25 heavy (non-hydrogen) atoms. The number of carbonyl (C=O) groups excluding carboxylic acids is 3. The standard InChI is InChI=1S/C16H18F3N3O3/c1-3-4-9-22-13(24)15(16(17,18)19,21-14(22)25)20-12(23)11-7-5-10(2)6-8-11/h5-8H,3-4,9H2,1-2H3,(H,20,23)(H,21,25)/t15-/m1/s1. The number of aryl methyl sites for hydroxylation is 1. The Kier molecular flexibility index (Phi) is 5.05. The molecule has 0 spiro atoms. The van der Waals surface area contributed by atoms with Crippen LogP contribution in [0.5, 0.6) is 0 Å². The van der Waals surface area contributed by atoms with Gasteiger partial charge in [0.05, 0.1) is 0 Å². The zero-order valence-electron chi connectivity index (χ0n) is 13.7. The molecule has 6 nitrogen and oxygen atoms in total. The van der Waals surface area contributed by atoms with E-state index < -0.39 is 29.7 Å². The SMILES string of the molecule is CCCCN1C(=O)N[C@@](NC(=O)c2ccc(C)cc2)(C(F)(F)F)C1=O. The minimum Gasteiger partial charge on any atom is -0.314 e. The molecule has 1 aliphatic heterocycles. The summed E-state index contributed by atoms with van der Waals surface area (Å²) in [5.41, 5.74) is -2.69. The number of hydrogen-bond donors (Lipinski definition) is 2. The van der Waals surface area contributed by atoms with Crippen LogP contribution in [-0.2, 0) is 4.79 Å². The van der Waals surface area contributed by atoms with Crippen LogP contribution in [0.25, 0.3) is 0 Å². The summed E-state index contributed by atoms with van der Waals surface area (Å²) < 4.78 is 40.8. The molecular weight excluding hydrogens is 339 g/mol. The first-order valence-electron chi connectivity index (χ1n) is 7.72. The zero-order valence-corrected chi connectivity index (χ0v) is 13.7. The van der Waals surface area contributed by atoms with Gasteiger partial charge in [-0.2, -0.15) is 13.2 Å². The molecule has 0 saturated carbocycles. The van der Waals surface area contributed by atoms with Crippen LogP contribution < -0.4 is 10.6 Å². The van der Waals surface area contributed by atoms with Gasteiger partial charge < -0.3 is 5.32 Å². The average Bonchev–Trinajstić information content (AvgIpc) is 2.77. The van der Waals surface area contributed by atoms with Gasteiger partial charge in [-0.3, -0.25) is 19.8 Å². The predicted octanol–water partition coefficient (Wildman–Crippen LogP) is 2.34. The van der Waals surface area contributed by atoms with Gasteiger partial charge in [-0.1, -0.05) is 31.0 Å². The first-order chi connectivity index (χ1) is 11.6.